The van der Waals surface area contributed by atoms with Crippen molar-refractivity contribution in [2.24, 2.45) is 0 Å². The Labute approximate surface area is 117 Å². The van der Waals surface area contributed by atoms with E-state index in [0.29, 0.717) is 0 Å². The fourth-order valence-corrected chi connectivity index (χ4v) is 3.27. The van der Waals surface area contributed by atoms with Gasteiger partial charge in [-0.2, -0.15) is 0 Å². The van der Waals surface area contributed by atoms with Crippen LogP contribution in [0.3, 0.4) is 0 Å². The van der Waals surface area contributed by atoms with Crippen LogP contribution < -0.4 is 5.32 Å². The zero-order valence-electron chi connectivity index (χ0n) is 11.3. The largest absolute Gasteiger partial charge is 0.340 e. The number of hydrogen-bond donors (Lipinski definition) is 2. The van der Waals surface area contributed by atoms with Crippen LogP contribution in [-0.4, -0.2) is 41.0 Å². The van der Waals surface area contributed by atoms with Crippen LogP contribution in [0.1, 0.15) is 17.6 Å². The van der Waals surface area contributed by atoms with Gasteiger partial charge in [-0.25, -0.2) is 4.98 Å². The number of H-pyrrole nitrogens is 1. The van der Waals surface area contributed by atoms with Crippen LogP contribution in [-0.2, 0) is 13.0 Å². The molecule has 0 spiro atoms. The molecule has 1 fully saturated rings. The highest BCUT2D eigenvalue weighted by atomic mass is 32.1. The van der Waals surface area contributed by atoms with Gasteiger partial charge in [0.25, 0.3) is 0 Å². The summed E-state index contributed by atoms with van der Waals surface area (Å²) in [5, 5.41) is 3.37. The molecule has 5 heteroatoms. The number of piperazine rings is 1. The molecule has 0 radical (unpaired) electrons. The minimum absolute atomic E-state index is 0.924. The highest BCUT2D eigenvalue weighted by Gasteiger charge is 2.12. The van der Waals surface area contributed by atoms with E-state index in [9.17, 15) is 0 Å². The Bertz CT molecular complexity index is 525. The third kappa shape index (κ3) is 3.05. The number of imidazole rings is 1. The summed E-state index contributed by atoms with van der Waals surface area (Å²) in [5.41, 5.74) is 1.15. The number of aryl methyl sites for hydroxylation is 1. The second-order valence-corrected chi connectivity index (χ2v) is 6.06. The molecule has 0 atom stereocenters. The van der Waals surface area contributed by atoms with Gasteiger partial charge in [-0.1, -0.05) is 6.92 Å². The molecule has 0 unspecified atom stereocenters. The van der Waals surface area contributed by atoms with Gasteiger partial charge in [-0.15, -0.1) is 11.3 Å². The van der Waals surface area contributed by atoms with Crippen molar-refractivity contribution in [3.05, 3.63) is 29.0 Å². The predicted octanol–water partition coefficient (Wildman–Crippen LogP) is 2.11. The predicted molar refractivity (Wildman–Crippen MR) is 79.4 cm³/mol. The maximum Gasteiger partial charge on any atom is 0.120 e. The van der Waals surface area contributed by atoms with Gasteiger partial charge < -0.3 is 10.3 Å². The molecule has 2 aromatic rings. The van der Waals surface area contributed by atoms with E-state index in [0.717, 1.165) is 50.7 Å². The van der Waals surface area contributed by atoms with Crippen molar-refractivity contribution in [2.45, 2.75) is 19.9 Å². The van der Waals surface area contributed by atoms with E-state index >= 15 is 0 Å². The molecule has 0 aromatic carbocycles. The number of aromatic amines is 1. The number of nitrogens with one attached hydrogen (secondary N) is 2. The van der Waals surface area contributed by atoms with Crippen LogP contribution in [0.5, 0.6) is 0 Å². The Morgan fingerprint density at radius 1 is 1.32 bits per heavy atom. The lowest BCUT2D eigenvalue weighted by Crippen LogP contribution is -2.43. The van der Waals surface area contributed by atoms with Crippen LogP contribution >= 0.6 is 11.3 Å². The molecule has 1 aliphatic heterocycles. The lowest BCUT2D eigenvalue weighted by molar-refractivity contribution is 0.228. The van der Waals surface area contributed by atoms with Crippen molar-refractivity contribution in [3.8, 4) is 10.6 Å². The average molecular weight is 276 g/mol. The number of rotatable bonds is 4. The summed E-state index contributed by atoms with van der Waals surface area (Å²) in [7, 11) is 0. The number of hydrogen-bond acceptors (Lipinski definition) is 4. The van der Waals surface area contributed by atoms with E-state index in [4.69, 9.17) is 0 Å². The van der Waals surface area contributed by atoms with Gasteiger partial charge in [0.2, 0.25) is 0 Å². The molecule has 0 bridgehead atoms. The second kappa shape index (κ2) is 5.86. The standard InChI is InChI=1S/C14H20N4S/c1-2-11-3-4-13(19-11)12-9-16-14(17-12)10-18-7-5-15-6-8-18/h3-4,9,15H,2,5-8,10H2,1H3,(H,16,17). The van der Waals surface area contributed by atoms with Gasteiger partial charge >= 0.3 is 0 Å². The van der Waals surface area contributed by atoms with Crippen molar-refractivity contribution in [1.82, 2.24) is 20.2 Å². The minimum Gasteiger partial charge on any atom is -0.340 e. The molecular weight excluding hydrogens is 256 g/mol. The number of nitrogens with zero attached hydrogens (tertiary/aromatic N) is 2. The molecule has 3 rings (SSSR count). The average Bonchev–Trinajstić information content (AvgIpc) is 3.08. The van der Waals surface area contributed by atoms with Crippen molar-refractivity contribution in [1.29, 1.82) is 0 Å². The SMILES string of the molecule is CCc1ccc(-c2cnc(CN3CCNCC3)[nH]2)s1. The zero-order valence-corrected chi connectivity index (χ0v) is 12.1. The summed E-state index contributed by atoms with van der Waals surface area (Å²) in [4.78, 5) is 13.1. The van der Waals surface area contributed by atoms with Crippen LogP contribution in [0.25, 0.3) is 10.6 Å². The molecule has 3 heterocycles. The van der Waals surface area contributed by atoms with Gasteiger partial charge in [-0.3, -0.25) is 4.90 Å². The Hall–Kier alpha value is -1.17. The van der Waals surface area contributed by atoms with Crippen LogP contribution in [0.15, 0.2) is 18.3 Å². The Morgan fingerprint density at radius 2 is 2.16 bits per heavy atom. The van der Waals surface area contributed by atoms with Crippen molar-refractivity contribution < 1.29 is 0 Å². The van der Waals surface area contributed by atoms with Crippen LogP contribution in [0.2, 0.25) is 0 Å². The zero-order chi connectivity index (χ0) is 13.1. The summed E-state index contributed by atoms with van der Waals surface area (Å²) in [6.45, 7) is 7.49. The first kappa shape index (κ1) is 12.8. The summed E-state index contributed by atoms with van der Waals surface area (Å²) in [5.74, 6) is 1.07. The first-order chi connectivity index (χ1) is 9.35. The van der Waals surface area contributed by atoms with E-state index in [1.165, 1.54) is 9.75 Å². The van der Waals surface area contributed by atoms with Gasteiger partial charge in [-0.05, 0) is 18.6 Å². The van der Waals surface area contributed by atoms with Crippen molar-refractivity contribution in [3.63, 3.8) is 0 Å². The van der Waals surface area contributed by atoms with Gasteiger partial charge in [0.1, 0.15) is 5.82 Å². The molecule has 2 aromatic heterocycles. The van der Waals surface area contributed by atoms with Crippen molar-refractivity contribution >= 4 is 11.3 Å². The highest BCUT2D eigenvalue weighted by molar-refractivity contribution is 7.15. The maximum atomic E-state index is 4.51. The molecule has 1 saturated heterocycles. The van der Waals surface area contributed by atoms with Gasteiger partial charge in [0, 0.05) is 31.1 Å². The molecular formula is C14H20N4S. The van der Waals surface area contributed by atoms with E-state index < -0.39 is 0 Å². The molecule has 19 heavy (non-hydrogen) atoms. The Kier molecular flexibility index (Phi) is 3.96. The first-order valence-corrected chi connectivity index (χ1v) is 7.73. The summed E-state index contributed by atoms with van der Waals surface area (Å²) in [6.07, 6.45) is 3.06. The quantitative estimate of drug-likeness (QED) is 0.899. The fourth-order valence-electron chi connectivity index (χ4n) is 2.36. The first-order valence-electron chi connectivity index (χ1n) is 6.91. The van der Waals surface area contributed by atoms with Crippen LogP contribution in [0.4, 0.5) is 0 Å². The van der Waals surface area contributed by atoms with Gasteiger partial charge in [0.05, 0.1) is 23.3 Å². The van der Waals surface area contributed by atoms with E-state index in [2.05, 4.69) is 39.2 Å². The Balaban J connectivity index is 1.68. The van der Waals surface area contributed by atoms with Gasteiger partial charge in [0.15, 0.2) is 0 Å². The molecule has 0 aliphatic carbocycles. The molecule has 0 amide bonds. The topological polar surface area (TPSA) is 44.0 Å². The lowest BCUT2D eigenvalue weighted by atomic mass is 10.3. The molecule has 0 saturated carbocycles. The lowest BCUT2D eigenvalue weighted by Gasteiger charge is -2.26. The number of aromatic nitrogens is 2. The smallest absolute Gasteiger partial charge is 0.120 e. The highest BCUT2D eigenvalue weighted by Crippen LogP contribution is 2.27. The third-order valence-corrected chi connectivity index (χ3v) is 4.75. The maximum absolute atomic E-state index is 4.51. The summed E-state index contributed by atoms with van der Waals surface area (Å²) < 4.78 is 0. The third-order valence-electron chi connectivity index (χ3n) is 3.49. The molecule has 1 aliphatic rings. The molecule has 102 valence electrons. The molecule has 2 N–H and O–H groups in total. The van der Waals surface area contributed by atoms with Crippen LogP contribution in [0, 0.1) is 0 Å². The van der Waals surface area contributed by atoms with Crippen molar-refractivity contribution in [2.75, 3.05) is 26.2 Å². The Morgan fingerprint density at radius 3 is 2.89 bits per heavy atom. The summed E-state index contributed by atoms with van der Waals surface area (Å²) in [6, 6.07) is 4.39. The monoisotopic (exact) mass is 276 g/mol. The summed E-state index contributed by atoms with van der Waals surface area (Å²) >= 11 is 1.85. The second-order valence-electron chi connectivity index (χ2n) is 4.89. The minimum atomic E-state index is 0.924. The normalized spacial score (nSPS) is 16.9. The van der Waals surface area contributed by atoms with E-state index in [1.807, 2.05) is 17.5 Å². The van der Waals surface area contributed by atoms with E-state index in [1.54, 1.807) is 0 Å². The number of thiophene rings is 1. The molecule has 4 nitrogen and oxygen atoms in total. The fraction of sp³-hybridized carbons (Fsp3) is 0.500. The van der Waals surface area contributed by atoms with E-state index in [-0.39, 0.29) is 0 Å².